The molecule has 1 N–H and O–H groups in total. The number of aliphatic hydroxyl groups is 1. The minimum Gasteiger partial charge on any atom is -0.393 e. The van der Waals surface area contributed by atoms with Crippen LogP contribution in [0.15, 0.2) is 0 Å². The van der Waals surface area contributed by atoms with Gasteiger partial charge in [-0.25, -0.2) is 0 Å². The molecule has 0 saturated carbocycles. The van der Waals surface area contributed by atoms with Gasteiger partial charge in [-0.1, -0.05) is 0 Å². The Bertz CT molecular complexity index is 116. The Morgan fingerprint density at radius 3 is 2.23 bits per heavy atom. The fourth-order valence-electron chi connectivity index (χ4n) is 0.763. The Labute approximate surface area is 81.0 Å². The number of aliphatic hydroxyl groups excluding tert-OH is 1. The Balaban J connectivity index is 3.09. The lowest BCUT2D eigenvalue weighted by molar-refractivity contribution is -0.0376. The Kier molecular flexibility index (Phi) is 6.29. The van der Waals surface area contributed by atoms with E-state index in [0.29, 0.717) is 26.2 Å². The topological polar surface area (TPSA) is 38.7 Å². The van der Waals surface area contributed by atoms with Gasteiger partial charge in [-0.15, -0.1) is 0 Å². The molecule has 0 bridgehead atoms. The summed E-state index contributed by atoms with van der Waals surface area (Å²) in [5.41, 5.74) is -0.0897. The van der Waals surface area contributed by atoms with E-state index in [0.717, 1.165) is 0 Å². The van der Waals surface area contributed by atoms with Gasteiger partial charge in [0.1, 0.15) is 0 Å². The van der Waals surface area contributed by atoms with E-state index in [4.69, 9.17) is 14.6 Å². The van der Waals surface area contributed by atoms with Crippen molar-refractivity contribution in [1.29, 1.82) is 0 Å². The zero-order chi connectivity index (χ0) is 10.3. The maximum atomic E-state index is 8.93. The molecule has 0 radical (unpaired) electrons. The first-order chi connectivity index (χ1) is 5.92. The van der Waals surface area contributed by atoms with Crippen LogP contribution in [0.25, 0.3) is 0 Å². The maximum absolute atomic E-state index is 8.93. The average Bonchev–Trinajstić information content (AvgIpc) is 1.93. The largest absolute Gasteiger partial charge is 0.393 e. The molecule has 0 heterocycles. The second-order valence-electron chi connectivity index (χ2n) is 4.21. The van der Waals surface area contributed by atoms with Gasteiger partial charge < -0.3 is 14.6 Å². The molecule has 0 aliphatic rings. The van der Waals surface area contributed by atoms with E-state index < -0.39 is 0 Å². The Morgan fingerprint density at radius 1 is 1.15 bits per heavy atom. The molecule has 0 amide bonds. The molecule has 3 heteroatoms. The van der Waals surface area contributed by atoms with Gasteiger partial charge in [-0.05, 0) is 34.1 Å². The predicted octanol–water partition coefficient (Wildman–Crippen LogP) is 1.59. The third-order valence-corrected chi connectivity index (χ3v) is 1.44. The summed E-state index contributed by atoms with van der Waals surface area (Å²) >= 11 is 0. The van der Waals surface area contributed by atoms with Gasteiger partial charge in [0.2, 0.25) is 0 Å². The molecule has 1 unspecified atom stereocenters. The summed E-state index contributed by atoms with van der Waals surface area (Å²) in [6, 6.07) is 0. The van der Waals surface area contributed by atoms with Gasteiger partial charge >= 0.3 is 0 Å². The van der Waals surface area contributed by atoms with Gasteiger partial charge in [0.15, 0.2) is 0 Å². The van der Waals surface area contributed by atoms with E-state index in [1.54, 1.807) is 6.92 Å². The summed E-state index contributed by atoms with van der Waals surface area (Å²) in [7, 11) is 0. The molecule has 0 rings (SSSR count). The van der Waals surface area contributed by atoms with Crippen LogP contribution in [0.3, 0.4) is 0 Å². The molecule has 0 aromatic rings. The van der Waals surface area contributed by atoms with Crippen molar-refractivity contribution < 1.29 is 14.6 Å². The molecule has 0 aromatic carbocycles. The minimum absolute atomic E-state index is 0.0897. The first-order valence-electron chi connectivity index (χ1n) is 4.81. The second-order valence-corrected chi connectivity index (χ2v) is 4.21. The zero-order valence-corrected chi connectivity index (χ0v) is 9.17. The van der Waals surface area contributed by atoms with Crippen LogP contribution in [0, 0.1) is 0 Å². The van der Waals surface area contributed by atoms with Gasteiger partial charge in [0.05, 0.1) is 24.9 Å². The summed E-state index contributed by atoms with van der Waals surface area (Å²) in [5, 5.41) is 8.93. The van der Waals surface area contributed by atoms with Crippen LogP contribution >= 0.6 is 0 Å². The van der Waals surface area contributed by atoms with E-state index in [9.17, 15) is 0 Å². The highest BCUT2D eigenvalue weighted by Crippen LogP contribution is 2.05. The smallest absolute Gasteiger partial charge is 0.0707 e. The molecule has 0 aliphatic carbocycles. The minimum atomic E-state index is -0.275. The molecule has 0 aliphatic heterocycles. The standard InChI is InChI=1S/C10H22O3/c1-9(11)5-6-12-7-8-13-10(2,3)4/h9,11H,5-8H2,1-4H3. The summed E-state index contributed by atoms with van der Waals surface area (Å²) in [6.45, 7) is 9.63. The number of ether oxygens (including phenoxy) is 2. The van der Waals surface area contributed by atoms with Crippen molar-refractivity contribution in [2.45, 2.75) is 45.8 Å². The summed E-state index contributed by atoms with van der Waals surface area (Å²) in [6.07, 6.45) is 0.415. The van der Waals surface area contributed by atoms with Gasteiger partial charge in [0.25, 0.3) is 0 Å². The SMILES string of the molecule is CC(O)CCOCCOC(C)(C)C. The molecule has 1 atom stereocenters. The Hall–Kier alpha value is -0.120. The number of hydrogen-bond donors (Lipinski definition) is 1. The number of rotatable bonds is 6. The molecule has 0 saturated heterocycles. The quantitative estimate of drug-likeness (QED) is 0.646. The van der Waals surface area contributed by atoms with Gasteiger partial charge in [0, 0.05) is 6.61 Å². The Morgan fingerprint density at radius 2 is 1.77 bits per heavy atom. The van der Waals surface area contributed by atoms with Crippen molar-refractivity contribution >= 4 is 0 Å². The normalized spacial score (nSPS) is 14.5. The molecule has 13 heavy (non-hydrogen) atoms. The van der Waals surface area contributed by atoms with Crippen molar-refractivity contribution in [3.63, 3.8) is 0 Å². The highest BCUT2D eigenvalue weighted by Gasteiger charge is 2.08. The lowest BCUT2D eigenvalue weighted by Gasteiger charge is -2.19. The van der Waals surface area contributed by atoms with Crippen LogP contribution in [0.2, 0.25) is 0 Å². The fraction of sp³-hybridized carbons (Fsp3) is 1.00. The van der Waals surface area contributed by atoms with Crippen LogP contribution in [-0.4, -0.2) is 36.6 Å². The van der Waals surface area contributed by atoms with Gasteiger partial charge in [-0.2, -0.15) is 0 Å². The molecule has 0 fully saturated rings. The molecule has 80 valence electrons. The van der Waals surface area contributed by atoms with E-state index in [1.807, 2.05) is 20.8 Å². The predicted molar refractivity (Wildman–Crippen MR) is 52.8 cm³/mol. The first kappa shape index (κ1) is 12.9. The summed E-state index contributed by atoms with van der Waals surface area (Å²) < 4.78 is 10.7. The second kappa shape index (κ2) is 6.35. The van der Waals surface area contributed by atoms with E-state index in [-0.39, 0.29) is 11.7 Å². The first-order valence-corrected chi connectivity index (χ1v) is 4.81. The molecular weight excluding hydrogens is 168 g/mol. The van der Waals surface area contributed by atoms with Crippen molar-refractivity contribution in [3.8, 4) is 0 Å². The fourth-order valence-corrected chi connectivity index (χ4v) is 0.763. The van der Waals surface area contributed by atoms with Gasteiger partial charge in [-0.3, -0.25) is 0 Å². The zero-order valence-electron chi connectivity index (χ0n) is 9.17. The van der Waals surface area contributed by atoms with E-state index >= 15 is 0 Å². The monoisotopic (exact) mass is 190 g/mol. The highest BCUT2D eigenvalue weighted by atomic mass is 16.5. The lowest BCUT2D eigenvalue weighted by atomic mass is 10.2. The van der Waals surface area contributed by atoms with Crippen molar-refractivity contribution in [1.82, 2.24) is 0 Å². The maximum Gasteiger partial charge on any atom is 0.0707 e. The van der Waals surface area contributed by atoms with Crippen LogP contribution in [-0.2, 0) is 9.47 Å². The van der Waals surface area contributed by atoms with Crippen molar-refractivity contribution in [2.24, 2.45) is 0 Å². The molecular formula is C10H22O3. The van der Waals surface area contributed by atoms with Crippen LogP contribution < -0.4 is 0 Å². The van der Waals surface area contributed by atoms with Crippen molar-refractivity contribution in [2.75, 3.05) is 19.8 Å². The lowest BCUT2D eigenvalue weighted by Crippen LogP contribution is -2.22. The van der Waals surface area contributed by atoms with Crippen molar-refractivity contribution in [3.05, 3.63) is 0 Å². The molecule has 0 aromatic heterocycles. The van der Waals surface area contributed by atoms with Crippen LogP contribution in [0.4, 0.5) is 0 Å². The third-order valence-electron chi connectivity index (χ3n) is 1.44. The van der Waals surface area contributed by atoms with Crippen LogP contribution in [0.1, 0.15) is 34.1 Å². The third kappa shape index (κ3) is 11.9. The van der Waals surface area contributed by atoms with Crippen LogP contribution in [0.5, 0.6) is 0 Å². The molecule has 0 spiro atoms. The highest BCUT2D eigenvalue weighted by molar-refractivity contribution is 4.57. The van der Waals surface area contributed by atoms with E-state index in [1.165, 1.54) is 0 Å². The molecule has 3 nitrogen and oxygen atoms in total. The van der Waals surface area contributed by atoms with E-state index in [2.05, 4.69) is 0 Å². The average molecular weight is 190 g/mol. The summed E-state index contributed by atoms with van der Waals surface area (Å²) in [4.78, 5) is 0. The summed E-state index contributed by atoms with van der Waals surface area (Å²) in [5.74, 6) is 0. The number of hydrogen-bond acceptors (Lipinski definition) is 3.